The molecule has 0 saturated carbocycles. The van der Waals surface area contributed by atoms with Crippen LogP contribution in [-0.2, 0) is 23.9 Å². The number of esters is 2. The third kappa shape index (κ3) is 4.44. The fourth-order valence-corrected chi connectivity index (χ4v) is 3.58. The van der Waals surface area contributed by atoms with Crippen molar-refractivity contribution in [3.63, 3.8) is 0 Å². The standard InChI is InChI=1S/C24H26N2O6/c1-5-32-24(29)21-19(23(28)31-4)20(25-15(2)16-9-7-6-8-10-16)22(27)26(21)17-11-13-18(30-3)14-12-17/h6-15,21,25H,5H2,1-4H3. The lowest BCUT2D eigenvalue weighted by Crippen LogP contribution is -2.43. The van der Waals surface area contributed by atoms with Gasteiger partial charge in [-0.2, -0.15) is 0 Å². The Labute approximate surface area is 186 Å². The van der Waals surface area contributed by atoms with Crippen LogP contribution in [-0.4, -0.2) is 44.7 Å². The third-order valence-electron chi connectivity index (χ3n) is 5.16. The summed E-state index contributed by atoms with van der Waals surface area (Å²) in [5, 5.41) is 3.11. The molecule has 1 aliphatic rings. The number of rotatable bonds is 8. The Morgan fingerprint density at radius 1 is 1.06 bits per heavy atom. The van der Waals surface area contributed by atoms with E-state index in [1.54, 1.807) is 31.2 Å². The summed E-state index contributed by atoms with van der Waals surface area (Å²) in [5.74, 6) is -1.45. The fourth-order valence-electron chi connectivity index (χ4n) is 3.58. The Morgan fingerprint density at radius 2 is 1.72 bits per heavy atom. The summed E-state index contributed by atoms with van der Waals surface area (Å²) < 4.78 is 15.3. The molecule has 1 N–H and O–H groups in total. The van der Waals surface area contributed by atoms with E-state index in [0.717, 1.165) is 5.56 Å². The van der Waals surface area contributed by atoms with Crippen LogP contribution in [0.1, 0.15) is 25.5 Å². The number of methoxy groups -OCH3 is 2. The highest BCUT2D eigenvalue weighted by atomic mass is 16.5. The normalized spacial score (nSPS) is 16.6. The lowest BCUT2D eigenvalue weighted by atomic mass is 10.1. The van der Waals surface area contributed by atoms with Gasteiger partial charge in [0, 0.05) is 11.7 Å². The van der Waals surface area contributed by atoms with Gasteiger partial charge in [0.05, 0.1) is 20.8 Å². The van der Waals surface area contributed by atoms with Crippen molar-refractivity contribution in [1.82, 2.24) is 5.32 Å². The maximum atomic E-state index is 13.5. The summed E-state index contributed by atoms with van der Waals surface area (Å²) in [4.78, 5) is 40.5. The van der Waals surface area contributed by atoms with Gasteiger partial charge in [0.1, 0.15) is 17.0 Å². The SMILES string of the molecule is CCOC(=O)C1C(C(=O)OC)=C(NC(C)c2ccccc2)C(=O)N1c1ccc(OC)cc1. The average molecular weight is 438 g/mol. The zero-order valence-corrected chi connectivity index (χ0v) is 18.5. The molecule has 0 aliphatic carbocycles. The van der Waals surface area contributed by atoms with E-state index in [9.17, 15) is 14.4 Å². The Balaban J connectivity index is 2.09. The monoisotopic (exact) mass is 438 g/mol. The van der Waals surface area contributed by atoms with Crippen molar-refractivity contribution < 1.29 is 28.6 Å². The van der Waals surface area contributed by atoms with Crippen LogP contribution in [0.4, 0.5) is 5.69 Å². The molecule has 8 nitrogen and oxygen atoms in total. The van der Waals surface area contributed by atoms with Gasteiger partial charge >= 0.3 is 11.9 Å². The molecular formula is C24H26N2O6. The fraction of sp³-hybridized carbons (Fsp3) is 0.292. The minimum absolute atomic E-state index is 0.00192. The minimum atomic E-state index is -1.28. The predicted molar refractivity (Wildman–Crippen MR) is 118 cm³/mol. The van der Waals surface area contributed by atoms with E-state index in [0.29, 0.717) is 11.4 Å². The molecule has 0 saturated heterocycles. The molecule has 0 radical (unpaired) electrons. The van der Waals surface area contributed by atoms with Crippen LogP contribution >= 0.6 is 0 Å². The van der Waals surface area contributed by atoms with E-state index in [2.05, 4.69) is 5.32 Å². The molecule has 2 atom stereocenters. The lowest BCUT2D eigenvalue weighted by Gasteiger charge is -2.25. The second kappa shape index (κ2) is 10.00. The lowest BCUT2D eigenvalue weighted by molar-refractivity contribution is -0.146. The summed E-state index contributed by atoms with van der Waals surface area (Å²) in [5.41, 5.74) is 1.24. The van der Waals surface area contributed by atoms with Gasteiger partial charge in [0.2, 0.25) is 0 Å². The van der Waals surface area contributed by atoms with Gasteiger partial charge in [0.25, 0.3) is 5.91 Å². The van der Waals surface area contributed by atoms with E-state index >= 15 is 0 Å². The molecule has 0 spiro atoms. The Hall–Kier alpha value is -3.81. The topological polar surface area (TPSA) is 94.2 Å². The van der Waals surface area contributed by atoms with E-state index in [1.165, 1.54) is 19.1 Å². The molecule has 168 valence electrons. The second-order valence-electron chi connectivity index (χ2n) is 7.08. The van der Waals surface area contributed by atoms with Crippen LogP contribution in [0.15, 0.2) is 65.9 Å². The van der Waals surface area contributed by atoms with Crippen molar-refractivity contribution in [1.29, 1.82) is 0 Å². The van der Waals surface area contributed by atoms with Crippen molar-refractivity contribution in [3.8, 4) is 5.75 Å². The number of hydrogen-bond acceptors (Lipinski definition) is 7. The molecule has 2 aromatic rings. The smallest absolute Gasteiger partial charge is 0.338 e. The first kappa shape index (κ1) is 22.9. The number of hydrogen-bond donors (Lipinski definition) is 1. The number of ether oxygens (including phenoxy) is 3. The summed E-state index contributed by atoms with van der Waals surface area (Å²) in [6, 6.07) is 14.5. The first-order valence-electron chi connectivity index (χ1n) is 10.2. The molecule has 1 heterocycles. The maximum Gasteiger partial charge on any atom is 0.338 e. The highest BCUT2D eigenvalue weighted by Crippen LogP contribution is 2.34. The third-order valence-corrected chi connectivity index (χ3v) is 5.16. The number of anilines is 1. The molecule has 0 bridgehead atoms. The van der Waals surface area contributed by atoms with Crippen molar-refractivity contribution >= 4 is 23.5 Å². The molecule has 2 aromatic carbocycles. The number of carbonyl (C=O) groups is 3. The Morgan fingerprint density at radius 3 is 2.28 bits per heavy atom. The largest absolute Gasteiger partial charge is 0.497 e. The van der Waals surface area contributed by atoms with E-state index in [1.807, 2.05) is 37.3 Å². The van der Waals surface area contributed by atoms with Gasteiger partial charge in [-0.3, -0.25) is 9.69 Å². The van der Waals surface area contributed by atoms with Crippen LogP contribution in [0.25, 0.3) is 0 Å². The molecule has 3 rings (SSSR count). The molecular weight excluding hydrogens is 412 g/mol. The first-order chi connectivity index (χ1) is 15.4. The van der Waals surface area contributed by atoms with E-state index in [4.69, 9.17) is 14.2 Å². The molecule has 2 unspecified atom stereocenters. The summed E-state index contributed by atoms with van der Waals surface area (Å²) in [6.45, 7) is 3.61. The zero-order valence-electron chi connectivity index (χ0n) is 18.5. The van der Waals surface area contributed by atoms with Gasteiger partial charge in [-0.05, 0) is 43.7 Å². The van der Waals surface area contributed by atoms with Gasteiger partial charge in [-0.1, -0.05) is 30.3 Å². The van der Waals surface area contributed by atoms with Crippen LogP contribution in [0.3, 0.4) is 0 Å². The van der Waals surface area contributed by atoms with Crippen LogP contribution in [0.5, 0.6) is 5.75 Å². The summed E-state index contributed by atoms with van der Waals surface area (Å²) in [6.07, 6.45) is 0. The second-order valence-corrected chi connectivity index (χ2v) is 7.08. The van der Waals surface area contributed by atoms with Gasteiger partial charge in [-0.25, -0.2) is 9.59 Å². The molecule has 8 heteroatoms. The van der Waals surface area contributed by atoms with Crippen molar-refractivity contribution in [2.45, 2.75) is 25.9 Å². The molecule has 32 heavy (non-hydrogen) atoms. The maximum absolute atomic E-state index is 13.5. The Kier molecular flexibility index (Phi) is 7.14. The van der Waals surface area contributed by atoms with Gasteiger partial charge in [-0.15, -0.1) is 0 Å². The van der Waals surface area contributed by atoms with Crippen LogP contribution < -0.4 is 15.0 Å². The van der Waals surface area contributed by atoms with Gasteiger partial charge < -0.3 is 19.5 Å². The predicted octanol–water partition coefficient (Wildman–Crippen LogP) is 2.75. The number of nitrogens with one attached hydrogen (secondary N) is 1. The van der Waals surface area contributed by atoms with Crippen LogP contribution in [0.2, 0.25) is 0 Å². The first-order valence-corrected chi connectivity index (χ1v) is 10.2. The number of carbonyl (C=O) groups excluding carboxylic acids is 3. The minimum Gasteiger partial charge on any atom is -0.497 e. The van der Waals surface area contributed by atoms with Crippen molar-refractivity contribution in [3.05, 3.63) is 71.4 Å². The molecule has 1 aliphatic heterocycles. The number of amides is 1. The molecule has 1 amide bonds. The van der Waals surface area contributed by atoms with Crippen molar-refractivity contribution in [2.75, 3.05) is 25.7 Å². The highest BCUT2D eigenvalue weighted by molar-refractivity contribution is 6.20. The van der Waals surface area contributed by atoms with Crippen molar-refractivity contribution in [2.24, 2.45) is 0 Å². The molecule has 0 fully saturated rings. The quantitative estimate of drug-likeness (QED) is 0.634. The summed E-state index contributed by atoms with van der Waals surface area (Å²) in [7, 11) is 2.73. The summed E-state index contributed by atoms with van der Waals surface area (Å²) >= 11 is 0. The van der Waals surface area contributed by atoms with Gasteiger partial charge in [0.15, 0.2) is 6.04 Å². The Bertz CT molecular complexity index is 1020. The van der Waals surface area contributed by atoms with E-state index < -0.39 is 23.9 Å². The average Bonchev–Trinajstić information content (AvgIpc) is 3.11. The zero-order chi connectivity index (χ0) is 23.3. The van der Waals surface area contributed by atoms with Crippen LogP contribution in [0, 0.1) is 0 Å². The number of nitrogens with zero attached hydrogens (tertiary/aromatic N) is 1. The van der Waals surface area contributed by atoms with E-state index in [-0.39, 0.29) is 23.9 Å². The molecule has 0 aromatic heterocycles. The number of benzene rings is 2. The highest BCUT2D eigenvalue weighted by Gasteiger charge is 2.49.